The molecular weight excluding hydrogens is 358 g/mol. The van der Waals surface area contributed by atoms with Crippen LogP contribution in [-0.4, -0.2) is 53.1 Å². The molecule has 4 rings (SSSR count). The maximum Gasteiger partial charge on any atom is 0.227 e. The van der Waals surface area contributed by atoms with Crippen molar-refractivity contribution in [1.82, 2.24) is 15.1 Å². The molecule has 2 fully saturated rings. The number of anilines is 1. The maximum absolute atomic E-state index is 13.0. The zero-order chi connectivity index (χ0) is 19.5. The van der Waals surface area contributed by atoms with Crippen LogP contribution >= 0.6 is 0 Å². The van der Waals surface area contributed by atoms with E-state index < -0.39 is 0 Å². The van der Waals surface area contributed by atoms with Crippen LogP contribution in [0, 0.1) is 11.8 Å². The third-order valence-corrected chi connectivity index (χ3v) is 5.73. The van der Waals surface area contributed by atoms with Crippen molar-refractivity contribution in [3.8, 4) is 11.5 Å². The summed E-state index contributed by atoms with van der Waals surface area (Å²) in [5.41, 5.74) is 6.08. The fraction of sp³-hybridized carbons (Fsp3) is 0.500. The number of likely N-dealkylation sites (tertiary alicyclic amines) is 1. The van der Waals surface area contributed by atoms with Crippen molar-refractivity contribution in [2.45, 2.75) is 25.7 Å². The zero-order valence-electron chi connectivity index (χ0n) is 15.8. The van der Waals surface area contributed by atoms with Crippen LogP contribution in [0.1, 0.15) is 25.7 Å². The first-order chi connectivity index (χ1) is 13.6. The average Bonchev–Trinajstić information content (AvgIpc) is 3.28. The Hall–Kier alpha value is -2.90. The first kappa shape index (κ1) is 18.5. The van der Waals surface area contributed by atoms with E-state index in [2.05, 4.69) is 15.1 Å². The molecule has 2 aliphatic rings. The second-order valence-corrected chi connectivity index (χ2v) is 7.54. The number of carbonyl (C=O) groups is 2. The second kappa shape index (κ2) is 8.00. The summed E-state index contributed by atoms with van der Waals surface area (Å²) in [5.74, 6) is 1.23. The number of carbonyl (C=O) groups excluding carboxylic acids is 2. The summed E-state index contributed by atoms with van der Waals surface area (Å²) >= 11 is 0. The molecule has 1 atom stereocenters. The highest BCUT2D eigenvalue weighted by atomic mass is 16.3. The van der Waals surface area contributed by atoms with E-state index in [1.54, 1.807) is 6.26 Å². The summed E-state index contributed by atoms with van der Waals surface area (Å²) in [6, 6.07) is 7.48. The summed E-state index contributed by atoms with van der Waals surface area (Å²) in [5, 5.41) is 8.59. The van der Waals surface area contributed by atoms with E-state index in [0.29, 0.717) is 43.9 Å². The van der Waals surface area contributed by atoms with Gasteiger partial charge in [-0.25, -0.2) is 0 Å². The van der Waals surface area contributed by atoms with E-state index in [4.69, 9.17) is 10.2 Å². The lowest BCUT2D eigenvalue weighted by Gasteiger charge is -2.37. The van der Waals surface area contributed by atoms with Crippen LogP contribution in [0.4, 0.5) is 5.82 Å². The number of rotatable bonds is 4. The molecule has 0 radical (unpaired) electrons. The van der Waals surface area contributed by atoms with Crippen LogP contribution in [-0.2, 0) is 9.59 Å². The molecule has 1 unspecified atom stereocenters. The van der Waals surface area contributed by atoms with Crippen molar-refractivity contribution in [3.63, 3.8) is 0 Å². The zero-order valence-corrected chi connectivity index (χ0v) is 15.8. The molecule has 8 nitrogen and oxygen atoms in total. The smallest absolute Gasteiger partial charge is 0.227 e. The molecule has 2 aromatic heterocycles. The predicted octanol–water partition coefficient (Wildman–Crippen LogP) is 1.68. The Balaban J connectivity index is 1.38. The van der Waals surface area contributed by atoms with E-state index in [1.807, 2.05) is 29.2 Å². The molecule has 2 saturated heterocycles. The van der Waals surface area contributed by atoms with Gasteiger partial charge in [-0.05, 0) is 49.9 Å². The molecule has 0 aromatic carbocycles. The normalized spacial score (nSPS) is 20.9. The van der Waals surface area contributed by atoms with Gasteiger partial charge in [-0.3, -0.25) is 9.59 Å². The lowest BCUT2D eigenvalue weighted by atomic mass is 9.92. The molecule has 2 aliphatic heterocycles. The lowest BCUT2D eigenvalue weighted by molar-refractivity contribution is -0.138. The number of nitrogens with two attached hydrogens (primary N) is 1. The Morgan fingerprint density at radius 2 is 1.86 bits per heavy atom. The Kier molecular flexibility index (Phi) is 5.27. The summed E-state index contributed by atoms with van der Waals surface area (Å²) in [7, 11) is 0. The van der Waals surface area contributed by atoms with Gasteiger partial charge in [0.1, 0.15) is 5.69 Å². The van der Waals surface area contributed by atoms with Gasteiger partial charge in [0.05, 0.1) is 12.2 Å². The first-order valence-corrected chi connectivity index (χ1v) is 9.82. The fourth-order valence-corrected chi connectivity index (χ4v) is 4.08. The number of hydrogen-bond donors (Lipinski definition) is 1. The first-order valence-electron chi connectivity index (χ1n) is 9.82. The molecular formula is C20H25N5O3. The fourth-order valence-electron chi connectivity index (χ4n) is 4.08. The molecule has 28 heavy (non-hydrogen) atoms. The van der Waals surface area contributed by atoms with E-state index >= 15 is 0 Å². The van der Waals surface area contributed by atoms with Crippen LogP contribution < -0.4 is 10.6 Å². The van der Waals surface area contributed by atoms with Crippen molar-refractivity contribution in [2.24, 2.45) is 17.6 Å². The SMILES string of the molecule is NC(=O)C1CCN(C(=O)C2CCCN(c3ccc(-c4ccco4)nn3)C2)CC1. The number of primary amides is 1. The van der Waals surface area contributed by atoms with Crippen molar-refractivity contribution >= 4 is 17.6 Å². The van der Waals surface area contributed by atoms with Gasteiger partial charge in [-0.15, -0.1) is 10.2 Å². The third kappa shape index (κ3) is 3.85. The van der Waals surface area contributed by atoms with Gasteiger partial charge in [0.15, 0.2) is 11.6 Å². The molecule has 0 saturated carbocycles. The molecule has 2 amide bonds. The summed E-state index contributed by atoms with van der Waals surface area (Å²) in [4.78, 5) is 28.3. The van der Waals surface area contributed by atoms with Crippen LogP contribution in [0.3, 0.4) is 0 Å². The Bertz CT molecular complexity index is 813. The number of nitrogens with zero attached hydrogens (tertiary/aromatic N) is 4. The van der Waals surface area contributed by atoms with Crippen molar-refractivity contribution < 1.29 is 14.0 Å². The highest BCUT2D eigenvalue weighted by molar-refractivity contribution is 5.81. The molecule has 4 heterocycles. The highest BCUT2D eigenvalue weighted by Crippen LogP contribution is 2.26. The third-order valence-electron chi connectivity index (χ3n) is 5.73. The van der Waals surface area contributed by atoms with Crippen LogP contribution in [0.25, 0.3) is 11.5 Å². The number of piperidine rings is 2. The quantitative estimate of drug-likeness (QED) is 0.861. The van der Waals surface area contributed by atoms with Crippen LogP contribution in [0.15, 0.2) is 34.9 Å². The lowest BCUT2D eigenvalue weighted by Crippen LogP contribution is -2.48. The monoisotopic (exact) mass is 383 g/mol. The average molecular weight is 383 g/mol. The van der Waals surface area contributed by atoms with Crippen molar-refractivity contribution in [1.29, 1.82) is 0 Å². The van der Waals surface area contributed by atoms with E-state index in [9.17, 15) is 9.59 Å². The molecule has 2 aromatic rings. The summed E-state index contributed by atoms with van der Waals surface area (Å²) in [6.07, 6.45) is 4.76. The van der Waals surface area contributed by atoms with Gasteiger partial charge in [-0.1, -0.05) is 0 Å². The van der Waals surface area contributed by atoms with Gasteiger partial charge in [0, 0.05) is 32.1 Å². The minimum absolute atomic E-state index is 0.0505. The standard InChI is InChI=1S/C20H25N5O3/c21-19(26)14-7-10-24(11-8-14)20(27)15-3-1-9-25(13-15)18-6-5-16(22-23-18)17-4-2-12-28-17/h2,4-6,12,14-15H,1,3,7-11,13H2,(H2,21,26). The van der Waals surface area contributed by atoms with Crippen LogP contribution in [0.2, 0.25) is 0 Å². The Morgan fingerprint density at radius 1 is 1.04 bits per heavy atom. The van der Waals surface area contributed by atoms with E-state index in [-0.39, 0.29) is 23.7 Å². The minimum atomic E-state index is -0.257. The Morgan fingerprint density at radius 3 is 2.50 bits per heavy atom. The molecule has 0 bridgehead atoms. The van der Waals surface area contributed by atoms with Crippen LogP contribution in [0.5, 0.6) is 0 Å². The molecule has 0 aliphatic carbocycles. The van der Waals surface area contributed by atoms with Gasteiger partial charge < -0.3 is 20.0 Å². The number of hydrogen-bond acceptors (Lipinski definition) is 6. The highest BCUT2D eigenvalue weighted by Gasteiger charge is 2.33. The second-order valence-electron chi connectivity index (χ2n) is 7.54. The number of amides is 2. The van der Waals surface area contributed by atoms with Gasteiger partial charge >= 0.3 is 0 Å². The minimum Gasteiger partial charge on any atom is -0.463 e. The number of furan rings is 1. The molecule has 2 N–H and O–H groups in total. The van der Waals surface area contributed by atoms with Crippen molar-refractivity contribution in [3.05, 3.63) is 30.5 Å². The van der Waals surface area contributed by atoms with Crippen molar-refractivity contribution in [2.75, 3.05) is 31.1 Å². The largest absolute Gasteiger partial charge is 0.463 e. The van der Waals surface area contributed by atoms with E-state index in [1.165, 1.54) is 0 Å². The summed E-state index contributed by atoms with van der Waals surface area (Å²) in [6.45, 7) is 2.73. The summed E-state index contributed by atoms with van der Waals surface area (Å²) < 4.78 is 5.35. The van der Waals surface area contributed by atoms with E-state index in [0.717, 1.165) is 25.2 Å². The molecule has 8 heteroatoms. The van der Waals surface area contributed by atoms with Gasteiger partial charge in [0.2, 0.25) is 11.8 Å². The predicted molar refractivity (Wildman–Crippen MR) is 103 cm³/mol. The molecule has 0 spiro atoms. The number of aromatic nitrogens is 2. The topological polar surface area (TPSA) is 106 Å². The molecule has 148 valence electrons. The Labute approximate surface area is 163 Å². The van der Waals surface area contributed by atoms with Gasteiger partial charge in [0.25, 0.3) is 0 Å². The van der Waals surface area contributed by atoms with Gasteiger partial charge in [-0.2, -0.15) is 0 Å². The maximum atomic E-state index is 13.0.